The number of hydrogen-bond donors (Lipinski definition) is 0. The second-order valence-corrected chi connectivity index (χ2v) is 17.6. The molecule has 0 aromatic carbocycles. The molecule has 6 fully saturated rings. The van der Waals surface area contributed by atoms with Crippen LogP contribution in [0.3, 0.4) is 0 Å². The van der Waals surface area contributed by atoms with Crippen LogP contribution in [0, 0.1) is 0 Å². The van der Waals surface area contributed by atoms with Crippen molar-refractivity contribution in [3.8, 4) is 0 Å². The fraction of sp³-hybridized carbons (Fsp3) is 0.944. The van der Waals surface area contributed by atoms with Crippen molar-refractivity contribution in [3.63, 3.8) is 0 Å². The Hall–Kier alpha value is -1.39. The molecule has 50 heavy (non-hydrogen) atoms. The molecule has 2 amide bonds. The molecule has 6 aliphatic rings. The van der Waals surface area contributed by atoms with E-state index in [4.69, 9.17) is 0 Å². The number of likely N-dealkylation sites (tertiary alicyclic amines) is 2. The van der Waals surface area contributed by atoms with E-state index in [1.54, 1.807) is 13.8 Å². The summed E-state index contributed by atoms with van der Waals surface area (Å²) in [4.78, 5) is 42.0. The minimum Gasteiger partial charge on any atom is -0.342 e. The molecule has 6 aliphatic heterocycles. The number of sulfone groups is 1. The van der Waals surface area contributed by atoms with Crippen LogP contribution in [0.15, 0.2) is 0 Å². The molecule has 294 valence electrons. The number of rotatable bonds is 1. The summed E-state index contributed by atoms with van der Waals surface area (Å²) in [7, 11) is 10.0. The number of piperidine rings is 1. The average molecular weight is 730 g/mol. The van der Waals surface area contributed by atoms with Crippen LogP contribution in [0.2, 0.25) is 0 Å². The first-order valence-corrected chi connectivity index (χ1v) is 21.0. The van der Waals surface area contributed by atoms with Crippen LogP contribution >= 0.6 is 0 Å². The largest absolute Gasteiger partial charge is 0.342 e. The second-order valence-electron chi connectivity index (χ2n) is 15.3. The number of piperazine rings is 2. The van der Waals surface area contributed by atoms with Gasteiger partial charge in [-0.05, 0) is 107 Å². The topological polar surface area (TPSA) is 97.4 Å². The van der Waals surface area contributed by atoms with E-state index in [2.05, 4.69) is 64.6 Å². The molecular formula is C36H75N9O4S. The molecule has 0 N–H and O–H groups in total. The molecule has 6 rings (SSSR count). The number of carbonyl (C=O) groups is 2. The third-order valence-electron chi connectivity index (χ3n) is 10.8. The van der Waals surface area contributed by atoms with Crippen molar-refractivity contribution < 1.29 is 18.0 Å². The van der Waals surface area contributed by atoms with Gasteiger partial charge in [0, 0.05) is 105 Å². The highest BCUT2D eigenvalue weighted by atomic mass is 32.2. The SMILES string of the molecule is CC(=O)N1CCCN(C)CC1.CC(=O)N1CCN(C)CC1.CN1CCC(N2CCCC2)CC1.CN1CCN(C)CC1.CN1CCS(=O)(=O)CC1. The van der Waals surface area contributed by atoms with E-state index in [9.17, 15) is 18.0 Å². The molecule has 14 heteroatoms. The quantitative estimate of drug-likeness (QED) is 0.374. The van der Waals surface area contributed by atoms with Crippen molar-refractivity contribution in [3.05, 3.63) is 0 Å². The van der Waals surface area contributed by atoms with Crippen molar-refractivity contribution in [1.29, 1.82) is 0 Å². The Kier molecular flexibility index (Phi) is 21.5. The molecule has 0 aromatic rings. The Bertz CT molecular complexity index is 1010. The van der Waals surface area contributed by atoms with Crippen LogP contribution in [0.25, 0.3) is 0 Å². The lowest BCUT2D eigenvalue weighted by Crippen LogP contribution is -2.46. The van der Waals surface area contributed by atoms with Gasteiger partial charge in [0.25, 0.3) is 0 Å². The van der Waals surface area contributed by atoms with Gasteiger partial charge in [0.15, 0.2) is 9.84 Å². The smallest absolute Gasteiger partial charge is 0.219 e. The number of carbonyl (C=O) groups excluding carboxylic acids is 2. The number of likely N-dealkylation sites (N-methyl/N-ethyl adjacent to an activating group) is 4. The summed E-state index contributed by atoms with van der Waals surface area (Å²) in [6.45, 7) is 22.7. The minimum atomic E-state index is -2.66. The summed E-state index contributed by atoms with van der Waals surface area (Å²) in [6.07, 6.45) is 6.78. The predicted octanol–water partition coefficient (Wildman–Crippen LogP) is 0.337. The lowest BCUT2D eigenvalue weighted by Gasteiger charge is -2.34. The zero-order valence-corrected chi connectivity index (χ0v) is 34.1. The number of hydrogen-bond acceptors (Lipinski definition) is 11. The summed E-state index contributed by atoms with van der Waals surface area (Å²) in [5.74, 6) is 1.08. The van der Waals surface area contributed by atoms with E-state index in [0.29, 0.717) is 24.6 Å². The highest BCUT2D eigenvalue weighted by Gasteiger charge is 2.25. The molecule has 0 atom stereocenters. The highest BCUT2D eigenvalue weighted by Crippen LogP contribution is 2.20. The van der Waals surface area contributed by atoms with Crippen LogP contribution < -0.4 is 0 Å². The van der Waals surface area contributed by atoms with E-state index in [0.717, 1.165) is 64.8 Å². The van der Waals surface area contributed by atoms with Gasteiger partial charge in [-0.3, -0.25) is 9.59 Å². The van der Waals surface area contributed by atoms with Crippen LogP contribution in [0.4, 0.5) is 0 Å². The summed E-state index contributed by atoms with van der Waals surface area (Å²) >= 11 is 0. The molecule has 0 bridgehead atoms. The van der Waals surface area contributed by atoms with Crippen LogP contribution in [-0.2, 0) is 19.4 Å². The third kappa shape index (κ3) is 19.4. The standard InChI is InChI=1S/C10H20N2.C8H16N2O.C7H14N2O.C6H14N2.C5H11NO2S/c1-11-8-4-10(5-9-11)12-6-2-3-7-12;1-8(11)10-5-3-4-9(2)6-7-10;1-7(10)9-5-3-8(2)4-6-9;1-7-3-5-8(2)6-4-7;1-6-2-4-9(7,8)5-3-6/h10H,2-9H2,1H3;3-7H2,1-2H3;3-6H2,1-2H3;3-6H2,1-2H3;2-5H2,1H3. The molecule has 0 spiro atoms. The summed E-state index contributed by atoms with van der Waals surface area (Å²) in [6, 6.07) is 0.920. The molecule has 0 radical (unpaired) electrons. The minimum absolute atomic E-state index is 0.202. The normalized spacial score (nSPS) is 25.4. The van der Waals surface area contributed by atoms with Crippen LogP contribution in [0.1, 0.15) is 46.0 Å². The molecule has 13 nitrogen and oxygen atoms in total. The van der Waals surface area contributed by atoms with Crippen molar-refractivity contribution in [1.82, 2.24) is 44.1 Å². The zero-order chi connectivity index (χ0) is 37.1. The van der Waals surface area contributed by atoms with Crippen LogP contribution in [0.5, 0.6) is 0 Å². The molecule has 0 aromatic heterocycles. The van der Waals surface area contributed by atoms with Crippen LogP contribution in [-0.4, -0.2) is 242 Å². The second kappa shape index (κ2) is 24.0. The fourth-order valence-electron chi connectivity index (χ4n) is 6.66. The van der Waals surface area contributed by atoms with Gasteiger partial charge in [0.2, 0.25) is 11.8 Å². The van der Waals surface area contributed by atoms with E-state index in [1.165, 1.54) is 78.0 Å². The molecular weight excluding hydrogens is 655 g/mol. The van der Waals surface area contributed by atoms with E-state index in [-0.39, 0.29) is 11.8 Å². The highest BCUT2D eigenvalue weighted by molar-refractivity contribution is 7.91. The van der Waals surface area contributed by atoms with Crippen molar-refractivity contribution in [2.75, 3.05) is 172 Å². The molecule has 0 aliphatic carbocycles. The lowest BCUT2D eigenvalue weighted by atomic mass is 10.0. The molecule has 0 saturated carbocycles. The number of amides is 2. The molecule has 6 heterocycles. The Morgan fingerprint density at radius 2 is 0.760 bits per heavy atom. The summed E-state index contributed by atoms with van der Waals surface area (Å²) in [5, 5.41) is 0. The lowest BCUT2D eigenvalue weighted by molar-refractivity contribution is -0.130. The van der Waals surface area contributed by atoms with E-state index in [1.807, 2.05) is 21.7 Å². The van der Waals surface area contributed by atoms with E-state index < -0.39 is 9.84 Å². The van der Waals surface area contributed by atoms with Gasteiger partial charge in [-0.15, -0.1) is 0 Å². The van der Waals surface area contributed by atoms with Gasteiger partial charge < -0.3 is 44.1 Å². The van der Waals surface area contributed by atoms with Crippen molar-refractivity contribution >= 4 is 21.7 Å². The van der Waals surface area contributed by atoms with Gasteiger partial charge in [-0.25, -0.2) is 8.42 Å². The van der Waals surface area contributed by atoms with Gasteiger partial charge in [-0.2, -0.15) is 0 Å². The maximum absolute atomic E-state index is 11.0. The zero-order valence-electron chi connectivity index (χ0n) is 33.3. The van der Waals surface area contributed by atoms with Gasteiger partial charge in [0.1, 0.15) is 0 Å². The van der Waals surface area contributed by atoms with E-state index >= 15 is 0 Å². The van der Waals surface area contributed by atoms with Gasteiger partial charge >= 0.3 is 0 Å². The van der Waals surface area contributed by atoms with Gasteiger partial charge in [0.05, 0.1) is 11.5 Å². The Morgan fingerprint density at radius 1 is 0.420 bits per heavy atom. The maximum Gasteiger partial charge on any atom is 0.219 e. The number of nitrogens with zero attached hydrogens (tertiary/aromatic N) is 9. The average Bonchev–Trinajstić information content (AvgIpc) is 3.53. The monoisotopic (exact) mass is 730 g/mol. The fourth-order valence-corrected chi connectivity index (χ4v) is 8.04. The van der Waals surface area contributed by atoms with Gasteiger partial charge in [-0.1, -0.05) is 0 Å². The third-order valence-corrected chi connectivity index (χ3v) is 12.4. The Balaban J connectivity index is 0.000000218. The first kappa shape index (κ1) is 44.8. The molecule has 6 saturated heterocycles. The molecule has 0 unspecified atom stereocenters. The Morgan fingerprint density at radius 3 is 1.16 bits per heavy atom. The first-order valence-electron chi connectivity index (χ1n) is 19.2. The predicted molar refractivity (Wildman–Crippen MR) is 207 cm³/mol. The van der Waals surface area contributed by atoms with Crippen molar-refractivity contribution in [2.45, 2.75) is 52.0 Å². The summed E-state index contributed by atoms with van der Waals surface area (Å²) < 4.78 is 21.5. The maximum atomic E-state index is 11.0. The Labute approximate surface area is 306 Å². The van der Waals surface area contributed by atoms with Crippen molar-refractivity contribution in [2.24, 2.45) is 0 Å². The first-order chi connectivity index (χ1) is 23.6. The summed E-state index contributed by atoms with van der Waals surface area (Å²) in [5.41, 5.74) is 0.